The van der Waals surface area contributed by atoms with Gasteiger partial charge in [0.25, 0.3) is 5.91 Å². The minimum absolute atomic E-state index is 0.00860. The van der Waals surface area contributed by atoms with E-state index in [4.69, 9.17) is 21.1 Å². The number of anilines is 1. The average molecular weight is 310 g/mol. The SMILES string of the molecule is COc1cc(OC)cc(C(=O)Nc2cccc(Cl)c2F)c1. The molecule has 2 aromatic carbocycles. The molecule has 2 rings (SSSR count). The predicted octanol–water partition coefficient (Wildman–Crippen LogP) is 3.75. The summed E-state index contributed by atoms with van der Waals surface area (Å²) in [5.41, 5.74) is 0.292. The van der Waals surface area contributed by atoms with Crippen LogP contribution in [0.15, 0.2) is 36.4 Å². The highest BCUT2D eigenvalue weighted by molar-refractivity contribution is 6.31. The van der Waals surface area contributed by atoms with E-state index in [1.807, 2.05) is 0 Å². The molecule has 0 aromatic heterocycles. The Bertz CT molecular complexity index is 654. The number of hydrogen-bond acceptors (Lipinski definition) is 3. The van der Waals surface area contributed by atoms with Crippen LogP contribution in [0.1, 0.15) is 10.4 Å². The Hall–Kier alpha value is -2.27. The highest BCUT2D eigenvalue weighted by atomic mass is 35.5. The summed E-state index contributed by atoms with van der Waals surface area (Å²) in [7, 11) is 2.96. The van der Waals surface area contributed by atoms with Crippen molar-refractivity contribution in [1.82, 2.24) is 0 Å². The molecule has 0 fully saturated rings. The summed E-state index contributed by atoms with van der Waals surface area (Å²) >= 11 is 5.67. The quantitative estimate of drug-likeness (QED) is 0.935. The standard InChI is InChI=1S/C15H13ClFNO3/c1-20-10-6-9(7-11(8-10)21-2)15(19)18-13-5-3-4-12(16)14(13)17/h3-8H,1-2H3,(H,18,19). The van der Waals surface area contributed by atoms with Crippen molar-refractivity contribution < 1.29 is 18.7 Å². The Morgan fingerprint density at radius 1 is 1.14 bits per heavy atom. The maximum atomic E-state index is 13.8. The zero-order chi connectivity index (χ0) is 15.4. The van der Waals surface area contributed by atoms with Gasteiger partial charge in [-0.3, -0.25) is 4.79 Å². The van der Waals surface area contributed by atoms with E-state index in [1.165, 1.54) is 38.5 Å². The van der Waals surface area contributed by atoms with Crippen LogP contribution in [0.3, 0.4) is 0 Å². The maximum Gasteiger partial charge on any atom is 0.256 e. The van der Waals surface area contributed by atoms with Crippen LogP contribution in [-0.2, 0) is 0 Å². The fourth-order valence-electron chi connectivity index (χ4n) is 1.73. The molecule has 4 nitrogen and oxygen atoms in total. The number of amides is 1. The van der Waals surface area contributed by atoms with Crippen molar-refractivity contribution in [3.63, 3.8) is 0 Å². The molecule has 0 heterocycles. The first-order chi connectivity index (χ1) is 10.0. The monoisotopic (exact) mass is 309 g/mol. The Morgan fingerprint density at radius 2 is 1.76 bits per heavy atom. The van der Waals surface area contributed by atoms with Crippen molar-refractivity contribution in [2.75, 3.05) is 19.5 Å². The lowest BCUT2D eigenvalue weighted by molar-refractivity contribution is 0.102. The summed E-state index contributed by atoms with van der Waals surface area (Å²) in [6.45, 7) is 0. The van der Waals surface area contributed by atoms with Gasteiger partial charge in [-0.15, -0.1) is 0 Å². The van der Waals surface area contributed by atoms with Gasteiger partial charge in [-0.2, -0.15) is 0 Å². The van der Waals surface area contributed by atoms with Gasteiger partial charge in [0.2, 0.25) is 0 Å². The summed E-state index contributed by atoms with van der Waals surface area (Å²) in [5, 5.41) is 2.40. The summed E-state index contributed by atoms with van der Waals surface area (Å²) in [5.74, 6) is -0.243. The molecule has 0 atom stereocenters. The molecule has 1 N–H and O–H groups in total. The molecule has 0 radical (unpaired) electrons. The van der Waals surface area contributed by atoms with Gasteiger partial charge in [0.05, 0.1) is 24.9 Å². The normalized spacial score (nSPS) is 10.1. The van der Waals surface area contributed by atoms with E-state index in [1.54, 1.807) is 12.1 Å². The smallest absolute Gasteiger partial charge is 0.256 e. The first-order valence-corrected chi connectivity index (χ1v) is 6.41. The van der Waals surface area contributed by atoms with Gasteiger partial charge in [0.1, 0.15) is 11.5 Å². The number of halogens is 2. The minimum Gasteiger partial charge on any atom is -0.497 e. The Kier molecular flexibility index (Phi) is 4.65. The van der Waals surface area contributed by atoms with E-state index in [-0.39, 0.29) is 16.3 Å². The number of methoxy groups -OCH3 is 2. The lowest BCUT2D eigenvalue weighted by Crippen LogP contribution is -2.13. The van der Waals surface area contributed by atoms with Crippen LogP contribution in [0.2, 0.25) is 5.02 Å². The number of ether oxygens (including phenoxy) is 2. The van der Waals surface area contributed by atoms with Gasteiger partial charge in [0.15, 0.2) is 5.82 Å². The summed E-state index contributed by atoms with van der Waals surface area (Å²) in [6.07, 6.45) is 0. The summed E-state index contributed by atoms with van der Waals surface area (Å²) in [6, 6.07) is 9.07. The molecule has 0 aliphatic rings. The predicted molar refractivity (Wildman–Crippen MR) is 78.9 cm³/mol. The first kappa shape index (κ1) is 15.1. The molecule has 0 unspecified atom stereocenters. The van der Waals surface area contributed by atoms with Gasteiger partial charge in [0, 0.05) is 11.6 Å². The second-order valence-electron chi connectivity index (χ2n) is 4.16. The average Bonchev–Trinajstić information content (AvgIpc) is 2.51. The molecule has 1 amide bonds. The number of carbonyl (C=O) groups is 1. The minimum atomic E-state index is -0.678. The van der Waals surface area contributed by atoms with Crippen LogP contribution in [0.4, 0.5) is 10.1 Å². The third-order valence-electron chi connectivity index (χ3n) is 2.81. The van der Waals surface area contributed by atoms with Crippen molar-refractivity contribution in [2.45, 2.75) is 0 Å². The fraction of sp³-hybridized carbons (Fsp3) is 0.133. The maximum absolute atomic E-state index is 13.8. The Balaban J connectivity index is 2.30. The fourth-order valence-corrected chi connectivity index (χ4v) is 1.91. The van der Waals surface area contributed by atoms with Crippen molar-refractivity contribution in [2.24, 2.45) is 0 Å². The zero-order valence-electron chi connectivity index (χ0n) is 11.4. The third-order valence-corrected chi connectivity index (χ3v) is 3.11. The van der Waals surface area contributed by atoms with Gasteiger partial charge >= 0.3 is 0 Å². The Morgan fingerprint density at radius 3 is 2.33 bits per heavy atom. The van der Waals surface area contributed by atoms with Gasteiger partial charge in [-0.25, -0.2) is 4.39 Å². The lowest BCUT2D eigenvalue weighted by atomic mass is 10.1. The van der Waals surface area contributed by atoms with Crippen molar-refractivity contribution in [3.8, 4) is 11.5 Å². The summed E-state index contributed by atoms with van der Waals surface area (Å²) in [4.78, 5) is 12.2. The molecule has 0 bridgehead atoms. The van der Waals surface area contributed by atoms with Crippen molar-refractivity contribution >= 4 is 23.2 Å². The highest BCUT2D eigenvalue weighted by Gasteiger charge is 2.13. The van der Waals surface area contributed by atoms with Gasteiger partial charge < -0.3 is 14.8 Å². The topological polar surface area (TPSA) is 47.6 Å². The largest absolute Gasteiger partial charge is 0.497 e. The molecular weight excluding hydrogens is 297 g/mol. The molecule has 6 heteroatoms. The number of carbonyl (C=O) groups excluding carboxylic acids is 1. The molecule has 0 aliphatic carbocycles. The molecule has 110 valence electrons. The highest BCUT2D eigenvalue weighted by Crippen LogP contribution is 2.25. The van der Waals surface area contributed by atoms with E-state index in [0.29, 0.717) is 11.5 Å². The van der Waals surface area contributed by atoms with Crippen LogP contribution in [0.25, 0.3) is 0 Å². The molecule has 0 saturated heterocycles. The molecule has 0 aliphatic heterocycles. The van der Waals surface area contributed by atoms with E-state index in [0.717, 1.165) is 0 Å². The Labute approximate surface area is 126 Å². The first-order valence-electron chi connectivity index (χ1n) is 6.03. The number of nitrogens with one attached hydrogen (secondary N) is 1. The second-order valence-corrected chi connectivity index (χ2v) is 4.56. The molecule has 0 saturated carbocycles. The summed E-state index contributed by atoms with van der Waals surface area (Å²) < 4.78 is 23.9. The number of benzene rings is 2. The number of rotatable bonds is 4. The van der Waals surface area contributed by atoms with Crippen LogP contribution in [0, 0.1) is 5.82 Å². The number of hydrogen-bond donors (Lipinski definition) is 1. The van der Waals surface area contributed by atoms with Crippen molar-refractivity contribution in [1.29, 1.82) is 0 Å². The lowest BCUT2D eigenvalue weighted by Gasteiger charge is -2.10. The van der Waals surface area contributed by atoms with Crippen LogP contribution in [-0.4, -0.2) is 20.1 Å². The van der Waals surface area contributed by atoms with E-state index < -0.39 is 11.7 Å². The zero-order valence-corrected chi connectivity index (χ0v) is 12.2. The van der Waals surface area contributed by atoms with Crippen LogP contribution in [0.5, 0.6) is 11.5 Å². The molecule has 0 spiro atoms. The van der Waals surface area contributed by atoms with Gasteiger partial charge in [-0.1, -0.05) is 17.7 Å². The van der Waals surface area contributed by atoms with E-state index in [2.05, 4.69) is 5.32 Å². The van der Waals surface area contributed by atoms with Gasteiger partial charge in [-0.05, 0) is 24.3 Å². The molecule has 2 aromatic rings. The van der Waals surface area contributed by atoms with E-state index >= 15 is 0 Å². The second kappa shape index (κ2) is 6.45. The van der Waals surface area contributed by atoms with Crippen LogP contribution >= 0.6 is 11.6 Å². The molecule has 21 heavy (non-hydrogen) atoms. The third kappa shape index (κ3) is 3.44. The van der Waals surface area contributed by atoms with E-state index in [9.17, 15) is 9.18 Å². The molecular formula is C15H13ClFNO3. The van der Waals surface area contributed by atoms with Crippen LogP contribution < -0.4 is 14.8 Å². The van der Waals surface area contributed by atoms with Crippen molar-refractivity contribution in [3.05, 3.63) is 52.8 Å².